The highest BCUT2D eigenvalue weighted by Gasteiger charge is 1.99. The molecule has 2 N–H and O–H groups in total. The number of fused-ring (bicyclic) bond motifs is 1. The quantitative estimate of drug-likeness (QED) is 0.671. The molecule has 0 saturated heterocycles. The average molecular weight is 175 g/mol. The van der Waals surface area contributed by atoms with E-state index in [1.165, 1.54) is 0 Å². The van der Waals surface area contributed by atoms with Gasteiger partial charge in [-0.25, -0.2) is 5.48 Å². The van der Waals surface area contributed by atoms with E-state index < -0.39 is 0 Å². The Morgan fingerprint density at radius 1 is 1.23 bits per heavy atom. The second-order valence-corrected chi connectivity index (χ2v) is 2.74. The Balaban J connectivity index is 2.61. The van der Waals surface area contributed by atoms with Crippen molar-refractivity contribution in [3.8, 4) is 0 Å². The number of hydrogen-bond donors (Lipinski definition) is 2. The van der Waals surface area contributed by atoms with E-state index in [0.29, 0.717) is 6.54 Å². The summed E-state index contributed by atoms with van der Waals surface area (Å²) in [5.41, 5.74) is 3.14. The first kappa shape index (κ1) is 8.10. The van der Waals surface area contributed by atoms with Crippen molar-refractivity contribution < 1.29 is 5.21 Å². The summed E-state index contributed by atoms with van der Waals surface area (Å²) in [4.78, 5) is 0. The monoisotopic (exact) mass is 175 g/mol. The minimum atomic E-state index is 0.420. The third kappa shape index (κ3) is 1.49. The highest BCUT2D eigenvalue weighted by molar-refractivity contribution is 5.83. The summed E-state index contributed by atoms with van der Waals surface area (Å²) in [7, 11) is 0. The van der Waals surface area contributed by atoms with E-state index in [1.807, 2.05) is 18.2 Å². The second kappa shape index (κ2) is 3.47. The zero-order chi connectivity index (χ0) is 9.10. The lowest BCUT2D eigenvalue weighted by Crippen LogP contribution is -2.06. The lowest BCUT2D eigenvalue weighted by atomic mass is 10.1. The summed E-state index contributed by atoms with van der Waals surface area (Å²) in [6.45, 7) is 0.420. The molecule has 0 fully saturated rings. The van der Waals surface area contributed by atoms with Gasteiger partial charge in [-0.15, -0.1) is 0 Å². The number of hydroxylamine groups is 1. The fraction of sp³-hybridized carbons (Fsp3) is 0.111. The van der Waals surface area contributed by atoms with Crippen molar-refractivity contribution >= 4 is 10.8 Å². The maximum Gasteiger partial charge on any atom is 0.0577 e. The van der Waals surface area contributed by atoms with Crippen LogP contribution in [0.3, 0.4) is 0 Å². The molecule has 0 unspecified atom stereocenters. The SMILES string of the molecule is ONCc1cccc2cnncc12. The smallest absolute Gasteiger partial charge is 0.0577 e. The second-order valence-electron chi connectivity index (χ2n) is 2.74. The molecule has 2 aromatic rings. The third-order valence-electron chi connectivity index (χ3n) is 1.95. The van der Waals surface area contributed by atoms with E-state index in [9.17, 15) is 0 Å². The molecule has 4 nitrogen and oxygen atoms in total. The summed E-state index contributed by atoms with van der Waals surface area (Å²) in [5.74, 6) is 0. The summed E-state index contributed by atoms with van der Waals surface area (Å²) in [6.07, 6.45) is 3.40. The number of benzene rings is 1. The number of hydrogen-bond acceptors (Lipinski definition) is 4. The molecule has 13 heavy (non-hydrogen) atoms. The Hall–Kier alpha value is -1.52. The van der Waals surface area contributed by atoms with E-state index in [4.69, 9.17) is 5.21 Å². The number of nitrogens with zero attached hydrogens (tertiary/aromatic N) is 2. The first-order valence-electron chi connectivity index (χ1n) is 3.97. The molecule has 1 aromatic heterocycles. The molecule has 0 aliphatic carbocycles. The maximum absolute atomic E-state index is 8.59. The van der Waals surface area contributed by atoms with E-state index in [0.717, 1.165) is 16.3 Å². The fourth-order valence-corrected chi connectivity index (χ4v) is 1.33. The van der Waals surface area contributed by atoms with Gasteiger partial charge in [-0.05, 0) is 5.56 Å². The molecule has 0 spiro atoms. The number of rotatable bonds is 2. The molecule has 0 atom stereocenters. The van der Waals surface area contributed by atoms with Gasteiger partial charge in [-0.1, -0.05) is 18.2 Å². The van der Waals surface area contributed by atoms with Crippen LogP contribution in [0.15, 0.2) is 30.6 Å². The molecule has 0 aliphatic rings. The number of aromatic nitrogens is 2. The highest BCUT2D eigenvalue weighted by atomic mass is 16.5. The molecule has 0 aliphatic heterocycles. The van der Waals surface area contributed by atoms with Crippen LogP contribution in [-0.2, 0) is 6.54 Å². The van der Waals surface area contributed by atoms with E-state index in [2.05, 4.69) is 15.7 Å². The molecule has 2 rings (SSSR count). The minimum absolute atomic E-state index is 0.420. The van der Waals surface area contributed by atoms with Gasteiger partial charge in [0.05, 0.1) is 12.4 Å². The lowest BCUT2D eigenvalue weighted by molar-refractivity contribution is 0.161. The van der Waals surface area contributed by atoms with Crippen LogP contribution in [0.4, 0.5) is 0 Å². The molecule has 1 aromatic carbocycles. The molecule has 0 amide bonds. The third-order valence-corrected chi connectivity index (χ3v) is 1.95. The van der Waals surface area contributed by atoms with Crippen LogP contribution >= 0.6 is 0 Å². The summed E-state index contributed by atoms with van der Waals surface area (Å²) in [5, 5.41) is 18.2. The molecule has 0 saturated carbocycles. The van der Waals surface area contributed by atoms with Crippen molar-refractivity contribution in [1.29, 1.82) is 0 Å². The normalized spacial score (nSPS) is 10.5. The van der Waals surface area contributed by atoms with Crippen molar-refractivity contribution in [3.63, 3.8) is 0 Å². The summed E-state index contributed by atoms with van der Waals surface area (Å²) < 4.78 is 0. The molecular formula is C9H9N3O. The molecule has 66 valence electrons. The van der Waals surface area contributed by atoms with Gasteiger partial charge < -0.3 is 5.21 Å². The standard InChI is InChI=1S/C9H9N3O/c13-12-5-8-3-1-2-7-4-10-11-6-9(7)8/h1-4,6,12-13H,5H2. The number of nitrogens with one attached hydrogen (secondary N) is 1. The molecule has 1 heterocycles. The van der Waals surface area contributed by atoms with Gasteiger partial charge in [-0.3, -0.25) is 0 Å². The molecule has 4 heteroatoms. The first-order chi connectivity index (χ1) is 6.42. The molecule has 0 radical (unpaired) electrons. The zero-order valence-electron chi connectivity index (χ0n) is 6.94. The molecular weight excluding hydrogens is 166 g/mol. The van der Waals surface area contributed by atoms with Crippen LogP contribution < -0.4 is 5.48 Å². The van der Waals surface area contributed by atoms with Gasteiger partial charge in [0.15, 0.2) is 0 Å². The van der Waals surface area contributed by atoms with Crippen LogP contribution in [0.1, 0.15) is 5.56 Å². The van der Waals surface area contributed by atoms with Gasteiger partial charge in [-0.2, -0.15) is 10.2 Å². The Morgan fingerprint density at radius 2 is 2.08 bits per heavy atom. The maximum atomic E-state index is 8.59. The predicted octanol–water partition coefficient (Wildman–Crippen LogP) is 1.11. The van der Waals surface area contributed by atoms with Crippen LogP contribution in [-0.4, -0.2) is 15.4 Å². The van der Waals surface area contributed by atoms with Gasteiger partial charge >= 0.3 is 0 Å². The summed E-state index contributed by atoms with van der Waals surface area (Å²) >= 11 is 0. The van der Waals surface area contributed by atoms with Gasteiger partial charge in [0, 0.05) is 17.3 Å². The Labute approximate surface area is 75.2 Å². The summed E-state index contributed by atoms with van der Waals surface area (Å²) in [6, 6.07) is 5.83. The predicted molar refractivity (Wildman–Crippen MR) is 48.2 cm³/mol. The fourth-order valence-electron chi connectivity index (χ4n) is 1.33. The van der Waals surface area contributed by atoms with Crippen molar-refractivity contribution in [2.45, 2.75) is 6.54 Å². The van der Waals surface area contributed by atoms with Crippen molar-refractivity contribution in [2.24, 2.45) is 0 Å². The Bertz CT molecular complexity index is 411. The molecule has 0 bridgehead atoms. The van der Waals surface area contributed by atoms with Crippen LogP contribution in [0.2, 0.25) is 0 Å². The van der Waals surface area contributed by atoms with Crippen molar-refractivity contribution in [3.05, 3.63) is 36.2 Å². The highest BCUT2D eigenvalue weighted by Crippen LogP contribution is 2.15. The van der Waals surface area contributed by atoms with Gasteiger partial charge in [0.25, 0.3) is 0 Å². The van der Waals surface area contributed by atoms with E-state index in [1.54, 1.807) is 12.4 Å². The van der Waals surface area contributed by atoms with Gasteiger partial charge in [0.1, 0.15) is 0 Å². The lowest BCUT2D eigenvalue weighted by Gasteiger charge is -2.02. The van der Waals surface area contributed by atoms with E-state index >= 15 is 0 Å². The van der Waals surface area contributed by atoms with Crippen molar-refractivity contribution in [2.75, 3.05) is 0 Å². The topological polar surface area (TPSA) is 58.0 Å². The Morgan fingerprint density at radius 3 is 2.92 bits per heavy atom. The van der Waals surface area contributed by atoms with Crippen molar-refractivity contribution in [1.82, 2.24) is 15.7 Å². The van der Waals surface area contributed by atoms with Crippen LogP contribution in [0.5, 0.6) is 0 Å². The average Bonchev–Trinajstić information content (AvgIpc) is 2.19. The largest absolute Gasteiger partial charge is 0.316 e. The van der Waals surface area contributed by atoms with Gasteiger partial charge in [0.2, 0.25) is 0 Å². The minimum Gasteiger partial charge on any atom is -0.316 e. The van der Waals surface area contributed by atoms with E-state index in [-0.39, 0.29) is 0 Å². The Kier molecular flexibility index (Phi) is 2.16. The van der Waals surface area contributed by atoms with Crippen LogP contribution in [0, 0.1) is 0 Å². The zero-order valence-corrected chi connectivity index (χ0v) is 6.94. The first-order valence-corrected chi connectivity index (χ1v) is 3.97. The van der Waals surface area contributed by atoms with Crippen LogP contribution in [0.25, 0.3) is 10.8 Å².